The maximum absolute atomic E-state index is 13.1. The Kier molecular flexibility index (Phi) is 8.86. The Balaban J connectivity index is 1.48. The molecule has 2 N–H and O–H groups in total. The highest BCUT2D eigenvalue weighted by molar-refractivity contribution is 5.85. The first kappa shape index (κ1) is 32.4. The summed E-state index contributed by atoms with van der Waals surface area (Å²) in [6, 6.07) is 9.68. The molecule has 0 aromatic heterocycles. The lowest BCUT2D eigenvalue weighted by Crippen LogP contribution is -2.71. The first-order valence-electron chi connectivity index (χ1n) is 16.9. The van der Waals surface area contributed by atoms with Gasteiger partial charge in [-0.05, 0) is 92.4 Å². The molecule has 1 aromatic carbocycles. The Hall–Kier alpha value is -1.98. The van der Waals surface area contributed by atoms with Crippen LogP contribution in [0.15, 0.2) is 42.5 Å². The molecule has 0 aliphatic heterocycles. The lowest BCUT2D eigenvalue weighted by molar-refractivity contribution is -0.278. The van der Waals surface area contributed by atoms with Gasteiger partial charge in [0.25, 0.3) is 0 Å². The monoisotopic (exact) mass is 592 g/mol. The van der Waals surface area contributed by atoms with Gasteiger partial charge in [0.05, 0.1) is 12.2 Å². The summed E-state index contributed by atoms with van der Waals surface area (Å²) in [6.45, 7) is 17.8. The van der Waals surface area contributed by atoms with Crippen molar-refractivity contribution in [3.05, 3.63) is 48.0 Å². The molecule has 4 aliphatic carbocycles. The molecule has 10 atom stereocenters. The largest absolute Gasteiger partial charge is 0.461 e. The van der Waals surface area contributed by atoms with Crippen molar-refractivity contribution in [2.24, 2.45) is 51.2 Å². The van der Waals surface area contributed by atoms with Gasteiger partial charge in [-0.15, -0.1) is 0 Å². The van der Waals surface area contributed by atoms with Crippen molar-refractivity contribution in [1.82, 2.24) is 0 Å². The van der Waals surface area contributed by atoms with E-state index in [0.717, 1.165) is 44.1 Å². The average Bonchev–Trinajstić information content (AvgIpc) is 3.46. The van der Waals surface area contributed by atoms with Gasteiger partial charge in [0, 0.05) is 29.1 Å². The SMILES string of the molecule is C=C(C)[C@@H]1CCC[C@H]1[C@H]1CC[C@@H]2[C@@]3(C)CCC(=O)C(C)(C)[C@@H]3C[C@H](O)[C@@]2(C)[C@]1(C)[C@@H](O)CCC(=O)OCc1ccccc1. The number of rotatable bonds is 8. The van der Waals surface area contributed by atoms with Gasteiger partial charge in [-0.25, -0.2) is 0 Å². The first-order chi connectivity index (χ1) is 20.2. The molecular weight excluding hydrogens is 536 g/mol. The van der Waals surface area contributed by atoms with Crippen LogP contribution in [-0.4, -0.2) is 34.2 Å². The smallest absolute Gasteiger partial charge is 0.306 e. The van der Waals surface area contributed by atoms with Crippen LogP contribution in [0.4, 0.5) is 0 Å². The van der Waals surface area contributed by atoms with Crippen LogP contribution in [0.3, 0.4) is 0 Å². The molecule has 0 radical (unpaired) electrons. The molecule has 4 fully saturated rings. The summed E-state index contributed by atoms with van der Waals surface area (Å²) in [6.07, 6.45) is 6.43. The van der Waals surface area contributed by atoms with Crippen LogP contribution >= 0.6 is 0 Å². The summed E-state index contributed by atoms with van der Waals surface area (Å²) in [5.74, 6) is 1.32. The second-order valence-electron chi connectivity index (χ2n) is 16.0. The molecule has 1 aromatic rings. The number of fused-ring (bicyclic) bond motifs is 3. The number of benzene rings is 1. The van der Waals surface area contributed by atoms with E-state index in [0.29, 0.717) is 36.9 Å². The van der Waals surface area contributed by atoms with Gasteiger partial charge in [0.15, 0.2) is 0 Å². The van der Waals surface area contributed by atoms with Crippen LogP contribution < -0.4 is 0 Å². The Morgan fingerprint density at radius 3 is 2.42 bits per heavy atom. The lowest BCUT2D eigenvalue weighted by Gasteiger charge is -2.72. The van der Waals surface area contributed by atoms with Crippen LogP contribution in [0.2, 0.25) is 0 Å². The summed E-state index contributed by atoms with van der Waals surface area (Å²) in [5, 5.41) is 24.7. The highest BCUT2D eigenvalue weighted by Gasteiger charge is 2.72. The number of hydrogen-bond acceptors (Lipinski definition) is 5. The maximum Gasteiger partial charge on any atom is 0.306 e. The quantitative estimate of drug-likeness (QED) is 0.239. The van der Waals surface area contributed by atoms with Gasteiger partial charge in [-0.1, -0.05) is 83.5 Å². The Morgan fingerprint density at radius 1 is 1.05 bits per heavy atom. The number of aliphatic hydroxyl groups is 2. The summed E-state index contributed by atoms with van der Waals surface area (Å²) in [7, 11) is 0. The summed E-state index contributed by atoms with van der Waals surface area (Å²) < 4.78 is 5.60. The summed E-state index contributed by atoms with van der Waals surface area (Å²) in [5.41, 5.74) is 0.417. The fraction of sp³-hybridized carbons (Fsp3) is 0.737. The van der Waals surface area contributed by atoms with E-state index in [1.807, 2.05) is 30.3 Å². The standard InChI is InChI=1S/C38H56O5/c1-24(2)26-14-11-15-27(26)28-16-17-29-36(5)21-20-31(39)35(3,4)30(36)22-33(41)38(29,7)37(28,6)32(40)18-19-34(42)43-23-25-12-9-8-10-13-25/h8-10,12-13,26-30,32-33,40-41H,1,11,14-23H2,2-7H3/t26-,27+,28+,29+,30-,32-,33-,36+,37-,38-/m0/s1. The lowest BCUT2D eigenvalue weighted by atomic mass is 9.33. The highest BCUT2D eigenvalue weighted by atomic mass is 16.5. The number of carbonyl (C=O) groups excluding carboxylic acids is 2. The molecule has 0 amide bonds. The molecule has 0 unspecified atom stereocenters. The second-order valence-corrected chi connectivity index (χ2v) is 16.0. The summed E-state index contributed by atoms with van der Waals surface area (Å²) >= 11 is 0. The van der Waals surface area contributed by atoms with E-state index in [1.54, 1.807) is 0 Å². The molecule has 5 nitrogen and oxygen atoms in total. The van der Waals surface area contributed by atoms with Crippen LogP contribution in [0, 0.1) is 51.2 Å². The second kappa shape index (κ2) is 11.7. The molecular formula is C38H56O5. The van der Waals surface area contributed by atoms with Crippen LogP contribution in [-0.2, 0) is 20.9 Å². The third kappa shape index (κ3) is 5.15. The number of hydrogen-bond donors (Lipinski definition) is 2. The van der Waals surface area contributed by atoms with Crippen LogP contribution in [0.5, 0.6) is 0 Å². The minimum absolute atomic E-state index is 0.102. The average molecular weight is 593 g/mol. The topological polar surface area (TPSA) is 83.8 Å². The predicted octanol–water partition coefficient (Wildman–Crippen LogP) is 7.68. The number of allylic oxidation sites excluding steroid dienone is 1. The molecule has 0 bridgehead atoms. The number of ketones is 1. The van der Waals surface area contributed by atoms with Crippen molar-refractivity contribution < 1.29 is 24.5 Å². The Bertz CT molecular complexity index is 1210. The van der Waals surface area contributed by atoms with Gasteiger partial charge in [-0.3, -0.25) is 9.59 Å². The number of esters is 1. The van der Waals surface area contributed by atoms with E-state index in [2.05, 4.69) is 48.1 Å². The van der Waals surface area contributed by atoms with Crippen molar-refractivity contribution in [2.75, 3.05) is 0 Å². The fourth-order valence-electron chi connectivity index (χ4n) is 11.4. The van der Waals surface area contributed by atoms with Crippen molar-refractivity contribution in [3.63, 3.8) is 0 Å². The van der Waals surface area contributed by atoms with E-state index in [-0.39, 0.29) is 42.2 Å². The van der Waals surface area contributed by atoms with Crippen molar-refractivity contribution in [3.8, 4) is 0 Å². The minimum atomic E-state index is -0.769. The summed E-state index contributed by atoms with van der Waals surface area (Å²) in [4.78, 5) is 26.1. The van der Waals surface area contributed by atoms with Gasteiger partial charge < -0.3 is 14.9 Å². The minimum Gasteiger partial charge on any atom is -0.461 e. The normalized spacial score (nSPS) is 41.2. The zero-order valence-corrected chi connectivity index (χ0v) is 27.5. The molecule has 0 spiro atoms. The van der Waals surface area contributed by atoms with Gasteiger partial charge in [0.1, 0.15) is 12.4 Å². The number of Topliss-reactive ketones (excluding diaryl/α,β-unsaturated/α-hetero) is 1. The molecule has 43 heavy (non-hydrogen) atoms. The first-order valence-corrected chi connectivity index (χ1v) is 16.9. The van der Waals surface area contributed by atoms with E-state index < -0.39 is 28.5 Å². The maximum atomic E-state index is 13.1. The van der Waals surface area contributed by atoms with E-state index in [1.165, 1.54) is 5.57 Å². The number of ether oxygens (including phenoxy) is 1. The van der Waals surface area contributed by atoms with Crippen LogP contribution in [0.1, 0.15) is 111 Å². The molecule has 238 valence electrons. The number of carbonyl (C=O) groups is 2. The van der Waals surface area contributed by atoms with E-state index in [4.69, 9.17) is 4.74 Å². The van der Waals surface area contributed by atoms with Crippen molar-refractivity contribution in [1.29, 1.82) is 0 Å². The van der Waals surface area contributed by atoms with Gasteiger partial charge >= 0.3 is 5.97 Å². The van der Waals surface area contributed by atoms with Crippen molar-refractivity contribution in [2.45, 2.75) is 125 Å². The van der Waals surface area contributed by atoms with Gasteiger partial charge in [-0.2, -0.15) is 0 Å². The molecule has 0 saturated heterocycles. The molecule has 0 heterocycles. The molecule has 4 saturated carbocycles. The third-order valence-corrected chi connectivity index (χ3v) is 13.9. The number of aliphatic hydroxyl groups excluding tert-OH is 2. The van der Waals surface area contributed by atoms with Crippen molar-refractivity contribution >= 4 is 11.8 Å². The molecule has 4 aliphatic rings. The van der Waals surface area contributed by atoms with E-state index in [9.17, 15) is 19.8 Å². The molecule has 5 heteroatoms. The highest BCUT2D eigenvalue weighted by Crippen LogP contribution is 2.74. The van der Waals surface area contributed by atoms with Gasteiger partial charge in [0.2, 0.25) is 0 Å². The zero-order valence-electron chi connectivity index (χ0n) is 27.5. The Morgan fingerprint density at radius 2 is 1.74 bits per heavy atom. The Labute approximate surface area is 259 Å². The van der Waals surface area contributed by atoms with E-state index >= 15 is 0 Å². The molecule has 5 rings (SSSR count). The zero-order chi connectivity index (χ0) is 31.4. The predicted molar refractivity (Wildman–Crippen MR) is 170 cm³/mol. The van der Waals surface area contributed by atoms with Crippen LogP contribution in [0.25, 0.3) is 0 Å². The fourth-order valence-corrected chi connectivity index (χ4v) is 11.4. The third-order valence-electron chi connectivity index (χ3n) is 13.9.